The van der Waals surface area contributed by atoms with Gasteiger partial charge in [0.25, 0.3) is 5.56 Å². The largest absolute Gasteiger partial charge is 0.444 e. The zero-order valence-electron chi connectivity index (χ0n) is 20.6. The fraction of sp³-hybridized carbons (Fsp3) is 0.320. The van der Waals surface area contributed by atoms with Crippen LogP contribution in [0.4, 0.5) is 13.2 Å². The first kappa shape index (κ1) is 25.2. The molecule has 5 aromatic rings. The van der Waals surface area contributed by atoms with E-state index in [-0.39, 0.29) is 23.6 Å². The van der Waals surface area contributed by atoms with E-state index in [0.717, 1.165) is 12.1 Å². The summed E-state index contributed by atoms with van der Waals surface area (Å²) >= 11 is 0. The Morgan fingerprint density at radius 3 is 2.37 bits per heavy atom. The Morgan fingerprint density at radius 2 is 1.68 bits per heavy atom. The highest BCUT2D eigenvalue weighted by atomic mass is 19.4. The number of rotatable bonds is 8. The van der Waals surface area contributed by atoms with Crippen molar-refractivity contribution >= 4 is 11.2 Å². The molecular weight excluding hydrogens is 503 g/mol. The van der Waals surface area contributed by atoms with Crippen molar-refractivity contribution in [2.24, 2.45) is 0 Å². The quantitative estimate of drug-likeness (QED) is 0.322. The van der Waals surface area contributed by atoms with Crippen LogP contribution in [0, 0.1) is 0 Å². The molecule has 198 valence electrons. The minimum absolute atomic E-state index is 0.190. The van der Waals surface area contributed by atoms with Gasteiger partial charge in [-0.3, -0.25) is 18.6 Å². The molecule has 0 saturated heterocycles. The molecule has 5 rings (SSSR count). The van der Waals surface area contributed by atoms with Gasteiger partial charge >= 0.3 is 11.9 Å². The lowest BCUT2D eigenvalue weighted by atomic mass is 10.1. The molecule has 1 aromatic carbocycles. The molecule has 13 heteroatoms. The predicted octanol–water partition coefficient (Wildman–Crippen LogP) is 4.29. The number of aryl methyl sites for hydroxylation is 1. The minimum Gasteiger partial charge on any atom is -0.444 e. The monoisotopic (exact) mass is 527 g/mol. The molecule has 4 heterocycles. The lowest BCUT2D eigenvalue weighted by molar-refractivity contribution is -0.137. The van der Waals surface area contributed by atoms with Gasteiger partial charge < -0.3 is 9.40 Å². The van der Waals surface area contributed by atoms with E-state index in [9.17, 15) is 22.8 Å². The second-order valence-corrected chi connectivity index (χ2v) is 8.82. The van der Waals surface area contributed by atoms with Gasteiger partial charge in [0.15, 0.2) is 5.65 Å². The first-order valence-corrected chi connectivity index (χ1v) is 12.1. The smallest absolute Gasteiger partial charge is 0.416 e. The summed E-state index contributed by atoms with van der Waals surface area (Å²) in [5.41, 5.74) is 0.543. The zero-order valence-corrected chi connectivity index (χ0v) is 20.6. The molecule has 0 aliphatic carbocycles. The lowest BCUT2D eigenvalue weighted by Gasteiger charge is -2.09. The maximum absolute atomic E-state index is 13.0. The highest BCUT2D eigenvalue weighted by Crippen LogP contribution is 2.31. The van der Waals surface area contributed by atoms with E-state index in [0.29, 0.717) is 54.2 Å². The molecule has 0 spiro atoms. The predicted molar refractivity (Wildman–Crippen MR) is 132 cm³/mol. The van der Waals surface area contributed by atoms with Gasteiger partial charge in [0.2, 0.25) is 5.89 Å². The van der Waals surface area contributed by atoms with E-state index in [1.807, 2.05) is 13.8 Å². The number of imidazole rings is 1. The summed E-state index contributed by atoms with van der Waals surface area (Å²) in [5, 5.41) is 4.32. The summed E-state index contributed by atoms with van der Waals surface area (Å²) < 4.78 is 48.2. The van der Waals surface area contributed by atoms with Gasteiger partial charge in [-0.15, -0.1) is 0 Å². The number of H-pyrrole nitrogens is 1. The molecule has 0 radical (unpaired) electrons. The van der Waals surface area contributed by atoms with Crippen LogP contribution in [-0.4, -0.2) is 33.9 Å². The Bertz CT molecular complexity index is 1710. The van der Waals surface area contributed by atoms with Gasteiger partial charge in [-0.05, 0) is 37.1 Å². The molecule has 0 aliphatic rings. The van der Waals surface area contributed by atoms with Crippen molar-refractivity contribution in [2.75, 3.05) is 0 Å². The Balaban J connectivity index is 1.40. The number of nitrogens with one attached hydrogen (secondary N) is 1. The van der Waals surface area contributed by atoms with Crippen LogP contribution in [0.1, 0.15) is 37.9 Å². The highest BCUT2D eigenvalue weighted by Gasteiger charge is 2.30. The van der Waals surface area contributed by atoms with E-state index in [1.165, 1.54) is 27.5 Å². The second-order valence-electron chi connectivity index (χ2n) is 8.82. The number of aromatic amines is 1. The maximum Gasteiger partial charge on any atom is 0.416 e. The summed E-state index contributed by atoms with van der Waals surface area (Å²) in [6.45, 7) is 4.81. The molecule has 0 aliphatic heterocycles. The summed E-state index contributed by atoms with van der Waals surface area (Å²) in [6, 6.07) is 4.56. The van der Waals surface area contributed by atoms with Crippen molar-refractivity contribution in [3.8, 4) is 22.8 Å². The molecule has 0 unspecified atom stereocenters. The van der Waals surface area contributed by atoms with Crippen LogP contribution in [0.25, 0.3) is 34.0 Å². The van der Waals surface area contributed by atoms with Crippen molar-refractivity contribution < 1.29 is 17.6 Å². The summed E-state index contributed by atoms with van der Waals surface area (Å²) in [5.74, 6) is 0.586. The Labute approximate surface area is 213 Å². The van der Waals surface area contributed by atoms with E-state index >= 15 is 0 Å². The first-order chi connectivity index (χ1) is 18.2. The summed E-state index contributed by atoms with van der Waals surface area (Å²) in [4.78, 5) is 37.8. The van der Waals surface area contributed by atoms with Gasteiger partial charge in [0, 0.05) is 24.8 Å². The van der Waals surface area contributed by atoms with Crippen LogP contribution in [0.2, 0.25) is 0 Å². The van der Waals surface area contributed by atoms with E-state index in [2.05, 4.69) is 20.1 Å². The van der Waals surface area contributed by atoms with Gasteiger partial charge in [0.1, 0.15) is 23.3 Å². The fourth-order valence-electron chi connectivity index (χ4n) is 4.20. The average molecular weight is 528 g/mol. The molecule has 10 nitrogen and oxygen atoms in total. The van der Waals surface area contributed by atoms with E-state index < -0.39 is 17.3 Å². The number of aromatic nitrogens is 7. The van der Waals surface area contributed by atoms with Crippen molar-refractivity contribution in [1.82, 2.24) is 33.9 Å². The standard InChI is InChI=1S/C25H24F3N7O3/c1-3-9-34-21-19(23(36)35(10-4-2)24(34)37)31-20(32-21)16-11-29-33(12-16)13-18-14-38-22(30-18)15-5-7-17(8-6-15)25(26,27)28/h5-8,11-12,14H,3-4,9-10,13H2,1-2H3,(H,31,32). The highest BCUT2D eigenvalue weighted by molar-refractivity contribution is 5.75. The molecule has 1 N–H and O–H groups in total. The van der Waals surface area contributed by atoms with Crippen LogP contribution in [0.5, 0.6) is 0 Å². The third kappa shape index (κ3) is 4.66. The Hall–Kier alpha value is -4.42. The molecule has 0 saturated carbocycles. The van der Waals surface area contributed by atoms with Gasteiger partial charge in [-0.25, -0.2) is 14.8 Å². The Kier molecular flexibility index (Phi) is 6.51. The molecule has 38 heavy (non-hydrogen) atoms. The number of nitrogens with zero attached hydrogens (tertiary/aromatic N) is 6. The molecule has 0 bridgehead atoms. The van der Waals surface area contributed by atoms with Crippen LogP contribution < -0.4 is 11.2 Å². The number of halogens is 3. The van der Waals surface area contributed by atoms with E-state index in [1.54, 1.807) is 17.1 Å². The van der Waals surface area contributed by atoms with Crippen molar-refractivity contribution in [1.29, 1.82) is 0 Å². The summed E-state index contributed by atoms with van der Waals surface area (Å²) in [6.07, 6.45) is 1.61. The molecule has 0 amide bonds. The van der Waals surface area contributed by atoms with Gasteiger partial charge in [-0.1, -0.05) is 13.8 Å². The SMILES string of the molecule is CCCn1c(=O)c2[nH]c(-c3cnn(Cc4coc(-c5ccc(C(F)(F)F)cc5)n4)c3)nc2n(CCC)c1=O. The normalized spacial score (nSPS) is 12.0. The minimum atomic E-state index is -4.42. The summed E-state index contributed by atoms with van der Waals surface area (Å²) in [7, 11) is 0. The van der Waals surface area contributed by atoms with Crippen LogP contribution in [0.15, 0.2) is 56.9 Å². The van der Waals surface area contributed by atoms with Crippen molar-refractivity contribution in [2.45, 2.75) is 52.5 Å². The third-order valence-corrected chi connectivity index (χ3v) is 6.00. The number of hydrogen-bond donors (Lipinski definition) is 1. The molecule has 4 aromatic heterocycles. The molecule has 0 atom stereocenters. The number of alkyl halides is 3. The number of oxazole rings is 1. The molecule has 0 fully saturated rings. The fourth-order valence-corrected chi connectivity index (χ4v) is 4.20. The second kappa shape index (κ2) is 9.80. The maximum atomic E-state index is 13.0. The van der Waals surface area contributed by atoms with Gasteiger partial charge in [-0.2, -0.15) is 18.3 Å². The topological polar surface area (TPSA) is 117 Å². The number of hydrogen-bond acceptors (Lipinski definition) is 6. The van der Waals surface area contributed by atoms with Crippen molar-refractivity contribution in [3.63, 3.8) is 0 Å². The van der Waals surface area contributed by atoms with Crippen LogP contribution in [-0.2, 0) is 25.8 Å². The average Bonchev–Trinajstić information content (AvgIpc) is 3.64. The van der Waals surface area contributed by atoms with Crippen molar-refractivity contribution in [3.05, 3.63) is 75.0 Å². The first-order valence-electron chi connectivity index (χ1n) is 12.1. The van der Waals surface area contributed by atoms with Crippen LogP contribution >= 0.6 is 0 Å². The zero-order chi connectivity index (χ0) is 27.0. The van der Waals surface area contributed by atoms with Gasteiger partial charge in [0.05, 0.1) is 23.9 Å². The van der Waals surface area contributed by atoms with Crippen LogP contribution in [0.3, 0.4) is 0 Å². The number of benzene rings is 1. The molecular formula is C25H24F3N7O3. The third-order valence-electron chi connectivity index (χ3n) is 6.00. The lowest BCUT2D eigenvalue weighted by Crippen LogP contribution is -2.40. The van der Waals surface area contributed by atoms with E-state index in [4.69, 9.17) is 4.42 Å². The Morgan fingerprint density at radius 1 is 0.974 bits per heavy atom. The number of fused-ring (bicyclic) bond motifs is 1.